The van der Waals surface area contributed by atoms with Gasteiger partial charge in [-0.1, -0.05) is 57.9 Å². The molecule has 2 aromatic rings. The normalized spacial score (nSPS) is 17.6. The molecule has 1 fully saturated rings. The van der Waals surface area contributed by atoms with Crippen LogP contribution >= 0.6 is 0 Å². The average molecular weight is 270 g/mol. The average Bonchev–Trinajstić information content (AvgIpc) is 2.47. The molecule has 1 nitrogen and oxygen atoms in total. The van der Waals surface area contributed by atoms with Gasteiger partial charge in [-0.3, -0.25) is 0 Å². The quantitative estimate of drug-likeness (QED) is 0.732. The molecule has 20 heavy (non-hydrogen) atoms. The number of aromatic hydroxyl groups is 1. The van der Waals surface area contributed by atoms with Crippen molar-refractivity contribution in [3.63, 3.8) is 0 Å². The van der Waals surface area contributed by atoms with Crippen molar-refractivity contribution in [2.75, 3.05) is 0 Å². The van der Waals surface area contributed by atoms with Gasteiger partial charge in [0.2, 0.25) is 0 Å². The van der Waals surface area contributed by atoms with Crippen LogP contribution in [-0.4, -0.2) is 5.11 Å². The summed E-state index contributed by atoms with van der Waals surface area (Å²) in [6, 6.07) is 12.4. The van der Waals surface area contributed by atoms with Crippen LogP contribution in [-0.2, 0) is 5.41 Å². The molecule has 0 spiro atoms. The van der Waals surface area contributed by atoms with Gasteiger partial charge in [0.1, 0.15) is 5.75 Å². The lowest BCUT2D eigenvalue weighted by atomic mass is 9.67. The molecule has 1 aliphatic rings. The summed E-state index contributed by atoms with van der Waals surface area (Å²) in [5.41, 5.74) is 1.89. The fraction of sp³-hybridized carbons (Fsp3) is 0.474. The number of hydrogen-bond donors (Lipinski definition) is 1. The Morgan fingerprint density at radius 2 is 1.60 bits per heavy atom. The number of benzene rings is 2. The minimum absolute atomic E-state index is 0. The Kier molecular flexibility index (Phi) is 4.37. The summed E-state index contributed by atoms with van der Waals surface area (Å²) in [4.78, 5) is 0. The van der Waals surface area contributed by atoms with E-state index in [1.807, 2.05) is 12.1 Å². The highest BCUT2D eigenvalue weighted by molar-refractivity contribution is 5.84. The summed E-state index contributed by atoms with van der Waals surface area (Å²) >= 11 is 0. The minimum atomic E-state index is 0. The predicted molar refractivity (Wildman–Crippen MR) is 87.4 cm³/mol. The van der Waals surface area contributed by atoms with Crippen LogP contribution < -0.4 is 0 Å². The Bertz CT molecular complexity index is 579. The van der Waals surface area contributed by atoms with Gasteiger partial charge in [-0.2, -0.15) is 0 Å². The predicted octanol–water partition coefficient (Wildman–Crippen LogP) is 5.79. The highest BCUT2D eigenvalue weighted by atomic mass is 16.3. The van der Waals surface area contributed by atoms with Crippen LogP contribution in [0.5, 0.6) is 5.75 Å². The van der Waals surface area contributed by atoms with Gasteiger partial charge < -0.3 is 5.11 Å². The third-order valence-corrected chi connectivity index (χ3v) is 4.92. The zero-order chi connectivity index (χ0) is 13.3. The molecule has 1 saturated carbocycles. The first-order valence-corrected chi connectivity index (χ1v) is 7.47. The standard InChI is InChI=1S/C18H22O.CH4/c1-2-18(10-4-3-5-11-18)16-8-6-15-13-17(19)9-7-14(15)12-16;/h6-9,12-13,19H,2-5,10-11H2,1H3;1H4. The van der Waals surface area contributed by atoms with Gasteiger partial charge in [0.25, 0.3) is 0 Å². The van der Waals surface area contributed by atoms with Crippen molar-refractivity contribution in [3.8, 4) is 5.75 Å². The van der Waals surface area contributed by atoms with Crippen LogP contribution in [0.1, 0.15) is 58.4 Å². The SMILES string of the molecule is C.CCC1(c2ccc3cc(O)ccc3c2)CCCCC1. The molecule has 0 radical (unpaired) electrons. The molecule has 0 unspecified atom stereocenters. The van der Waals surface area contributed by atoms with E-state index in [0.29, 0.717) is 11.2 Å². The second-order valence-electron chi connectivity index (χ2n) is 5.94. The first-order valence-electron chi connectivity index (χ1n) is 7.47. The smallest absolute Gasteiger partial charge is 0.116 e. The zero-order valence-electron chi connectivity index (χ0n) is 11.7. The number of phenolic OH excluding ortho intramolecular Hbond substituents is 1. The Labute approximate surface area is 122 Å². The lowest BCUT2D eigenvalue weighted by Crippen LogP contribution is -2.28. The van der Waals surface area contributed by atoms with E-state index < -0.39 is 0 Å². The number of phenols is 1. The van der Waals surface area contributed by atoms with Gasteiger partial charge in [0.15, 0.2) is 0 Å². The maximum absolute atomic E-state index is 9.55. The van der Waals surface area contributed by atoms with Crippen LogP contribution in [0.15, 0.2) is 36.4 Å². The van der Waals surface area contributed by atoms with E-state index in [1.165, 1.54) is 49.5 Å². The zero-order valence-corrected chi connectivity index (χ0v) is 11.7. The molecule has 0 atom stereocenters. The molecule has 1 aliphatic carbocycles. The van der Waals surface area contributed by atoms with Crippen LogP contribution in [0.4, 0.5) is 0 Å². The Morgan fingerprint density at radius 3 is 2.30 bits per heavy atom. The summed E-state index contributed by atoms with van der Waals surface area (Å²) in [7, 11) is 0. The van der Waals surface area contributed by atoms with Crippen molar-refractivity contribution >= 4 is 10.8 Å². The molecule has 0 aliphatic heterocycles. The van der Waals surface area contributed by atoms with E-state index in [4.69, 9.17) is 0 Å². The van der Waals surface area contributed by atoms with Crippen LogP contribution in [0.3, 0.4) is 0 Å². The van der Waals surface area contributed by atoms with Gasteiger partial charge in [0, 0.05) is 0 Å². The van der Waals surface area contributed by atoms with E-state index in [-0.39, 0.29) is 7.43 Å². The van der Waals surface area contributed by atoms with Crippen molar-refractivity contribution in [2.24, 2.45) is 0 Å². The van der Waals surface area contributed by atoms with E-state index >= 15 is 0 Å². The van der Waals surface area contributed by atoms with Gasteiger partial charge in [-0.05, 0) is 53.1 Å². The van der Waals surface area contributed by atoms with E-state index in [2.05, 4.69) is 25.1 Å². The Hall–Kier alpha value is -1.50. The van der Waals surface area contributed by atoms with Gasteiger partial charge in [-0.25, -0.2) is 0 Å². The van der Waals surface area contributed by atoms with Crippen LogP contribution in [0, 0.1) is 0 Å². The highest BCUT2D eigenvalue weighted by Gasteiger charge is 2.31. The minimum Gasteiger partial charge on any atom is -0.508 e. The van der Waals surface area contributed by atoms with Crippen LogP contribution in [0.2, 0.25) is 0 Å². The van der Waals surface area contributed by atoms with Crippen molar-refractivity contribution < 1.29 is 5.11 Å². The lowest BCUT2D eigenvalue weighted by Gasteiger charge is -2.37. The maximum Gasteiger partial charge on any atom is 0.116 e. The largest absolute Gasteiger partial charge is 0.508 e. The molecular weight excluding hydrogens is 244 g/mol. The third kappa shape index (κ3) is 2.54. The summed E-state index contributed by atoms with van der Waals surface area (Å²) in [6.45, 7) is 2.33. The highest BCUT2D eigenvalue weighted by Crippen LogP contribution is 2.42. The molecule has 2 aromatic carbocycles. The molecule has 0 aromatic heterocycles. The maximum atomic E-state index is 9.55. The molecule has 1 heteroatoms. The second-order valence-corrected chi connectivity index (χ2v) is 5.94. The first kappa shape index (κ1) is 14.9. The van der Waals surface area contributed by atoms with Crippen molar-refractivity contribution in [1.29, 1.82) is 0 Å². The Balaban J connectivity index is 0.00000147. The topological polar surface area (TPSA) is 20.2 Å². The van der Waals surface area contributed by atoms with Gasteiger partial charge >= 0.3 is 0 Å². The molecule has 0 heterocycles. The van der Waals surface area contributed by atoms with Crippen LogP contribution in [0.25, 0.3) is 10.8 Å². The van der Waals surface area contributed by atoms with Crippen molar-refractivity contribution in [2.45, 2.75) is 58.3 Å². The van der Waals surface area contributed by atoms with E-state index in [1.54, 1.807) is 6.07 Å². The molecule has 108 valence electrons. The molecule has 0 amide bonds. The van der Waals surface area contributed by atoms with Gasteiger partial charge in [-0.15, -0.1) is 0 Å². The van der Waals surface area contributed by atoms with E-state index in [0.717, 1.165) is 5.39 Å². The Morgan fingerprint density at radius 1 is 0.950 bits per heavy atom. The van der Waals surface area contributed by atoms with Crippen molar-refractivity contribution in [1.82, 2.24) is 0 Å². The molecule has 1 N–H and O–H groups in total. The number of hydrogen-bond acceptors (Lipinski definition) is 1. The first-order chi connectivity index (χ1) is 9.23. The monoisotopic (exact) mass is 270 g/mol. The lowest BCUT2D eigenvalue weighted by molar-refractivity contribution is 0.283. The second kappa shape index (κ2) is 5.87. The molecule has 0 saturated heterocycles. The fourth-order valence-corrected chi connectivity index (χ4v) is 3.64. The van der Waals surface area contributed by atoms with Gasteiger partial charge in [0.05, 0.1) is 0 Å². The molecular formula is C19H26O. The number of fused-ring (bicyclic) bond motifs is 1. The molecule has 3 rings (SSSR count). The summed E-state index contributed by atoms with van der Waals surface area (Å²) < 4.78 is 0. The van der Waals surface area contributed by atoms with E-state index in [9.17, 15) is 5.11 Å². The number of rotatable bonds is 2. The summed E-state index contributed by atoms with van der Waals surface area (Å²) in [6.07, 6.45) is 8.00. The third-order valence-electron chi connectivity index (χ3n) is 4.92. The summed E-state index contributed by atoms with van der Waals surface area (Å²) in [5.74, 6) is 0.350. The van der Waals surface area contributed by atoms with Crippen molar-refractivity contribution in [3.05, 3.63) is 42.0 Å². The fourth-order valence-electron chi connectivity index (χ4n) is 3.64. The molecule has 0 bridgehead atoms. The summed E-state index contributed by atoms with van der Waals surface area (Å²) in [5, 5.41) is 11.9.